The van der Waals surface area contributed by atoms with Crippen LogP contribution in [-0.4, -0.2) is 14.6 Å². The van der Waals surface area contributed by atoms with Gasteiger partial charge in [0.1, 0.15) is 5.69 Å². The van der Waals surface area contributed by atoms with E-state index in [0.717, 1.165) is 33.5 Å². The number of benzene rings is 1. The summed E-state index contributed by atoms with van der Waals surface area (Å²) in [6.45, 7) is 2.07. The number of fused-ring (bicyclic) bond motifs is 1. The van der Waals surface area contributed by atoms with E-state index in [1.54, 1.807) is 10.6 Å². The maximum absolute atomic E-state index is 8.99. The minimum Gasteiger partial charge on any atom is -0.233 e. The number of nitriles is 1. The molecule has 4 nitrogen and oxygen atoms in total. The van der Waals surface area contributed by atoms with E-state index in [1.807, 2.05) is 30.5 Å². The molecule has 5 heteroatoms. The molecule has 0 fully saturated rings. The van der Waals surface area contributed by atoms with Crippen LogP contribution in [0.5, 0.6) is 0 Å². The van der Waals surface area contributed by atoms with Gasteiger partial charge in [0.05, 0.1) is 16.1 Å². The molecular weight excluding hydrogens is 316 g/mol. The van der Waals surface area contributed by atoms with E-state index >= 15 is 0 Å². The Bertz CT molecular complexity index is 829. The van der Waals surface area contributed by atoms with Crippen molar-refractivity contribution >= 4 is 21.6 Å². The number of nitrogens with zero attached hydrogens (tertiary/aromatic N) is 4. The van der Waals surface area contributed by atoms with Crippen LogP contribution in [0.25, 0.3) is 16.9 Å². The van der Waals surface area contributed by atoms with Crippen molar-refractivity contribution in [2.75, 3.05) is 0 Å². The van der Waals surface area contributed by atoms with Crippen molar-refractivity contribution < 1.29 is 0 Å². The van der Waals surface area contributed by atoms with Gasteiger partial charge in [0, 0.05) is 17.5 Å². The summed E-state index contributed by atoms with van der Waals surface area (Å²) in [5.41, 5.74) is 4.13. The highest BCUT2D eigenvalue weighted by atomic mass is 79.9. The molecule has 0 amide bonds. The molecule has 3 aromatic rings. The summed E-state index contributed by atoms with van der Waals surface area (Å²) in [7, 11) is 0. The van der Waals surface area contributed by atoms with E-state index in [9.17, 15) is 0 Å². The molecule has 0 saturated carbocycles. The first-order chi connectivity index (χ1) is 9.72. The van der Waals surface area contributed by atoms with E-state index in [0.29, 0.717) is 5.56 Å². The first-order valence-electron chi connectivity index (χ1n) is 6.27. The minimum atomic E-state index is 0.619. The van der Waals surface area contributed by atoms with Crippen LogP contribution in [0, 0.1) is 11.3 Å². The first kappa shape index (κ1) is 12.8. The number of rotatable bonds is 2. The molecule has 0 spiro atoms. The second-order valence-electron chi connectivity index (χ2n) is 4.40. The second-order valence-corrected chi connectivity index (χ2v) is 5.19. The molecule has 0 radical (unpaired) electrons. The highest BCUT2D eigenvalue weighted by Gasteiger charge is 2.14. The van der Waals surface area contributed by atoms with E-state index < -0.39 is 0 Å². The summed E-state index contributed by atoms with van der Waals surface area (Å²) < 4.78 is 2.60. The van der Waals surface area contributed by atoms with Crippen LogP contribution in [0.3, 0.4) is 0 Å². The smallest absolute Gasteiger partial charge is 0.170 e. The van der Waals surface area contributed by atoms with Gasteiger partial charge in [0.15, 0.2) is 5.65 Å². The topological polar surface area (TPSA) is 54.0 Å². The minimum absolute atomic E-state index is 0.619. The fourth-order valence-electron chi connectivity index (χ4n) is 2.06. The first-order valence-corrected chi connectivity index (χ1v) is 7.06. The molecule has 0 saturated heterocycles. The lowest BCUT2D eigenvalue weighted by Crippen LogP contribution is -1.93. The zero-order valence-corrected chi connectivity index (χ0v) is 12.4. The number of aromatic nitrogens is 3. The second kappa shape index (κ2) is 5.06. The van der Waals surface area contributed by atoms with E-state index in [4.69, 9.17) is 5.26 Å². The Kier molecular flexibility index (Phi) is 3.25. The average Bonchev–Trinajstić information content (AvgIpc) is 2.84. The maximum Gasteiger partial charge on any atom is 0.170 e. The number of aryl methyl sites for hydroxylation is 1. The fraction of sp³-hybridized carbons (Fsp3) is 0.133. The van der Waals surface area contributed by atoms with Crippen LogP contribution in [0.1, 0.15) is 18.2 Å². The van der Waals surface area contributed by atoms with Gasteiger partial charge in [-0.1, -0.05) is 19.1 Å². The molecule has 0 aliphatic rings. The lowest BCUT2D eigenvalue weighted by Gasteiger charge is -1.97. The van der Waals surface area contributed by atoms with Gasteiger partial charge < -0.3 is 0 Å². The third-order valence-corrected chi connectivity index (χ3v) is 3.84. The van der Waals surface area contributed by atoms with Crippen molar-refractivity contribution in [1.29, 1.82) is 5.26 Å². The van der Waals surface area contributed by atoms with E-state index in [-0.39, 0.29) is 0 Å². The average molecular weight is 327 g/mol. The van der Waals surface area contributed by atoms with Crippen LogP contribution >= 0.6 is 15.9 Å². The molecule has 98 valence electrons. The van der Waals surface area contributed by atoms with Gasteiger partial charge >= 0.3 is 0 Å². The van der Waals surface area contributed by atoms with E-state index in [2.05, 4.69) is 39.0 Å². The van der Waals surface area contributed by atoms with Gasteiger partial charge in [-0.05, 0) is 40.5 Å². The highest BCUT2D eigenvalue weighted by Crippen LogP contribution is 2.30. The maximum atomic E-state index is 8.99. The molecule has 0 atom stereocenters. The normalized spacial score (nSPS) is 10.7. The third-order valence-electron chi connectivity index (χ3n) is 3.11. The van der Waals surface area contributed by atoms with Gasteiger partial charge in [0.25, 0.3) is 0 Å². The monoisotopic (exact) mass is 326 g/mol. The van der Waals surface area contributed by atoms with Crippen molar-refractivity contribution in [1.82, 2.24) is 14.6 Å². The van der Waals surface area contributed by atoms with Crippen LogP contribution in [0.15, 0.2) is 41.0 Å². The Morgan fingerprint density at radius 3 is 2.95 bits per heavy atom. The van der Waals surface area contributed by atoms with Crippen LogP contribution < -0.4 is 0 Å². The molecule has 1 aromatic carbocycles. The summed E-state index contributed by atoms with van der Waals surface area (Å²) in [5.74, 6) is 0. The summed E-state index contributed by atoms with van der Waals surface area (Å²) >= 11 is 3.57. The molecule has 0 bridgehead atoms. The number of halogens is 1. The van der Waals surface area contributed by atoms with Gasteiger partial charge in [-0.3, -0.25) is 0 Å². The van der Waals surface area contributed by atoms with Crippen LogP contribution in [-0.2, 0) is 6.42 Å². The molecule has 0 aliphatic carbocycles. The largest absolute Gasteiger partial charge is 0.233 e. The Hall–Kier alpha value is -2.19. The van der Waals surface area contributed by atoms with Gasteiger partial charge in [-0.25, -0.2) is 9.50 Å². The lowest BCUT2D eigenvalue weighted by atomic mass is 10.1. The predicted molar refractivity (Wildman–Crippen MR) is 80.2 cm³/mol. The van der Waals surface area contributed by atoms with Crippen molar-refractivity contribution in [2.24, 2.45) is 0 Å². The highest BCUT2D eigenvalue weighted by molar-refractivity contribution is 9.10. The van der Waals surface area contributed by atoms with Crippen LogP contribution in [0.2, 0.25) is 0 Å². The zero-order valence-electron chi connectivity index (χ0n) is 10.8. The number of hydrogen-bond donors (Lipinski definition) is 0. The van der Waals surface area contributed by atoms with Crippen LogP contribution in [0.4, 0.5) is 0 Å². The predicted octanol–water partition coefficient (Wildman–Crippen LogP) is 3.59. The Morgan fingerprint density at radius 1 is 1.35 bits per heavy atom. The zero-order chi connectivity index (χ0) is 14.1. The summed E-state index contributed by atoms with van der Waals surface area (Å²) in [5, 5.41) is 13.5. The fourth-order valence-corrected chi connectivity index (χ4v) is 2.64. The number of hydrogen-bond acceptors (Lipinski definition) is 3. The van der Waals surface area contributed by atoms with Crippen molar-refractivity contribution in [2.45, 2.75) is 13.3 Å². The Morgan fingerprint density at radius 2 is 2.20 bits per heavy atom. The molecule has 0 N–H and O–H groups in total. The Balaban J connectivity index is 2.21. The van der Waals surface area contributed by atoms with Crippen molar-refractivity contribution in [3.8, 4) is 17.3 Å². The summed E-state index contributed by atoms with van der Waals surface area (Å²) in [4.78, 5) is 4.57. The summed E-state index contributed by atoms with van der Waals surface area (Å²) in [6.07, 6.45) is 2.79. The van der Waals surface area contributed by atoms with E-state index in [1.165, 1.54) is 0 Å². The third kappa shape index (κ3) is 2.08. The van der Waals surface area contributed by atoms with Gasteiger partial charge in [-0.15, -0.1) is 0 Å². The standard InChI is InChI=1S/C15H11BrN4/c1-2-12-6-7-20-15(18-12)13(16)14(19-20)11-5-3-4-10(8-11)9-17/h3-8H,2H2,1H3. The van der Waals surface area contributed by atoms with Crippen molar-refractivity contribution in [3.63, 3.8) is 0 Å². The molecule has 2 heterocycles. The van der Waals surface area contributed by atoms with Gasteiger partial charge in [-0.2, -0.15) is 10.4 Å². The molecule has 20 heavy (non-hydrogen) atoms. The van der Waals surface area contributed by atoms with Gasteiger partial charge in [0.2, 0.25) is 0 Å². The molecular formula is C15H11BrN4. The quantitative estimate of drug-likeness (QED) is 0.723. The lowest BCUT2D eigenvalue weighted by molar-refractivity contribution is 0.914. The van der Waals surface area contributed by atoms with Crippen molar-refractivity contribution in [3.05, 3.63) is 52.3 Å². The molecule has 0 unspecified atom stereocenters. The summed E-state index contributed by atoms with van der Waals surface area (Å²) in [6, 6.07) is 11.5. The molecule has 0 aliphatic heterocycles. The molecule has 2 aromatic heterocycles. The SMILES string of the molecule is CCc1ccn2nc(-c3cccc(C#N)c3)c(Br)c2n1. The molecule has 3 rings (SSSR count). The Labute approximate surface area is 124 Å².